The molecule has 0 spiro atoms. The number of aliphatic carboxylic acids is 1. The van der Waals surface area contributed by atoms with Gasteiger partial charge < -0.3 is 20.8 Å². The van der Waals surface area contributed by atoms with Gasteiger partial charge in [-0.2, -0.15) is 0 Å². The average molecular weight is 447 g/mol. The molecule has 170 valence electrons. The Morgan fingerprint density at radius 3 is 1.88 bits per heavy atom. The number of aryl methyl sites for hydroxylation is 1. The Morgan fingerprint density at radius 1 is 0.758 bits per heavy atom. The van der Waals surface area contributed by atoms with E-state index in [1.807, 2.05) is 30.3 Å². The van der Waals surface area contributed by atoms with Crippen molar-refractivity contribution < 1.29 is 24.6 Å². The number of carboxylic acid groups (broad SMARTS) is 1. The van der Waals surface area contributed by atoms with Crippen molar-refractivity contribution in [2.45, 2.75) is 31.0 Å². The van der Waals surface area contributed by atoms with Gasteiger partial charge in [-0.3, -0.25) is 9.59 Å². The summed E-state index contributed by atoms with van der Waals surface area (Å²) in [5, 5.41) is 25.5. The van der Waals surface area contributed by atoms with Crippen LogP contribution in [0.25, 0.3) is 0 Å². The van der Waals surface area contributed by atoms with E-state index in [0.29, 0.717) is 17.5 Å². The van der Waals surface area contributed by atoms with Crippen LogP contribution in [0.5, 0.6) is 0 Å². The molecule has 0 saturated heterocycles. The number of carbonyl (C=O) groups excluding carboxylic acids is 2. The second kappa shape index (κ2) is 11.6. The molecule has 0 aliphatic heterocycles. The first-order valence-corrected chi connectivity index (χ1v) is 10.6. The molecule has 3 atom stereocenters. The minimum atomic E-state index is -1.70. The minimum absolute atomic E-state index is 0.157. The van der Waals surface area contributed by atoms with Crippen LogP contribution in [0.3, 0.4) is 0 Å². The predicted octanol–water partition coefficient (Wildman–Crippen LogP) is 2.72. The van der Waals surface area contributed by atoms with Gasteiger partial charge in [-0.15, -0.1) is 0 Å². The monoisotopic (exact) mass is 446 g/mol. The summed E-state index contributed by atoms with van der Waals surface area (Å²) in [7, 11) is 0. The maximum Gasteiger partial charge on any atom is 0.326 e. The molecular weight excluding hydrogens is 420 g/mol. The van der Waals surface area contributed by atoms with Gasteiger partial charge >= 0.3 is 5.97 Å². The van der Waals surface area contributed by atoms with Gasteiger partial charge in [0.05, 0.1) is 6.04 Å². The fourth-order valence-electron chi connectivity index (χ4n) is 3.44. The van der Waals surface area contributed by atoms with E-state index in [1.54, 1.807) is 60.7 Å². The Labute approximate surface area is 192 Å². The Hall–Kier alpha value is -3.97. The second-order valence-corrected chi connectivity index (χ2v) is 7.60. The van der Waals surface area contributed by atoms with Gasteiger partial charge in [0.15, 0.2) is 6.10 Å². The Kier molecular flexibility index (Phi) is 8.32. The Bertz CT molecular complexity index is 1060. The van der Waals surface area contributed by atoms with Crippen LogP contribution >= 0.6 is 0 Å². The van der Waals surface area contributed by atoms with E-state index in [2.05, 4.69) is 10.6 Å². The van der Waals surface area contributed by atoms with Gasteiger partial charge in [-0.05, 0) is 36.1 Å². The molecule has 7 nitrogen and oxygen atoms in total. The number of aliphatic hydroxyl groups excluding tert-OH is 1. The normalized spacial score (nSPS) is 13.4. The number of carbonyl (C=O) groups is 3. The second-order valence-electron chi connectivity index (χ2n) is 7.60. The summed E-state index contributed by atoms with van der Waals surface area (Å²) in [4.78, 5) is 37.2. The third-order valence-electron chi connectivity index (χ3n) is 5.24. The molecule has 0 aliphatic carbocycles. The summed E-state index contributed by atoms with van der Waals surface area (Å²) in [5.41, 5.74) is 1.83. The molecular formula is C26H26N2O5. The van der Waals surface area contributed by atoms with E-state index in [-0.39, 0.29) is 6.42 Å². The summed E-state index contributed by atoms with van der Waals surface area (Å²) in [6.45, 7) is 0. The highest BCUT2D eigenvalue weighted by Crippen LogP contribution is 2.19. The number of benzene rings is 3. The molecule has 0 radical (unpaired) electrons. The molecule has 0 unspecified atom stereocenters. The van der Waals surface area contributed by atoms with E-state index in [0.717, 1.165) is 5.56 Å². The number of carboxylic acids is 1. The van der Waals surface area contributed by atoms with Gasteiger partial charge in [-0.1, -0.05) is 78.9 Å². The van der Waals surface area contributed by atoms with Gasteiger partial charge in [0.1, 0.15) is 6.04 Å². The smallest absolute Gasteiger partial charge is 0.326 e. The number of nitrogens with one attached hydrogen (secondary N) is 2. The summed E-state index contributed by atoms with van der Waals surface area (Å²) in [6, 6.07) is 24.1. The molecule has 0 heterocycles. The lowest BCUT2D eigenvalue weighted by atomic mass is 9.99. The largest absolute Gasteiger partial charge is 0.480 e. The quantitative estimate of drug-likeness (QED) is 0.382. The zero-order valence-corrected chi connectivity index (χ0v) is 17.9. The van der Waals surface area contributed by atoms with Crippen LogP contribution < -0.4 is 10.6 Å². The van der Waals surface area contributed by atoms with Crippen LogP contribution in [0, 0.1) is 0 Å². The number of hydrogen-bond donors (Lipinski definition) is 4. The topological polar surface area (TPSA) is 116 Å². The number of hydrogen-bond acceptors (Lipinski definition) is 4. The SMILES string of the molecule is O=C(N[C@@H](c1ccccc1)[C@@H](O)C(=O)N[C@@H](CCc1ccccc1)C(=O)O)c1ccccc1. The van der Waals surface area contributed by atoms with Crippen molar-refractivity contribution in [1.29, 1.82) is 0 Å². The predicted molar refractivity (Wildman–Crippen MR) is 123 cm³/mol. The highest BCUT2D eigenvalue weighted by molar-refractivity contribution is 5.95. The molecule has 0 saturated carbocycles. The Balaban J connectivity index is 1.73. The molecule has 7 heteroatoms. The molecule has 3 rings (SSSR count). The van der Waals surface area contributed by atoms with Crippen molar-refractivity contribution in [3.8, 4) is 0 Å². The van der Waals surface area contributed by atoms with E-state index >= 15 is 0 Å². The van der Waals surface area contributed by atoms with Crippen LogP contribution in [-0.4, -0.2) is 40.1 Å². The standard InChI is InChI=1S/C26H26N2O5/c29-23(25(31)27-21(26(32)33)17-16-18-10-4-1-5-11-18)22(19-12-6-2-7-13-19)28-24(30)20-14-8-3-9-15-20/h1-15,21-23,29H,16-17H2,(H,27,31)(H,28,30)(H,32,33)/t21-,22-,23+/m0/s1. The van der Waals surface area contributed by atoms with Crippen LogP contribution in [-0.2, 0) is 16.0 Å². The van der Waals surface area contributed by atoms with Crippen LogP contribution in [0.1, 0.15) is 33.9 Å². The molecule has 0 aliphatic rings. The lowest BCUT2D eigenvalue weighted by molar-refractivity contribution is -0.144. The molecule has 2 amide bonds. The molecule has 3 aromatic carbocycles. The fraction of sp³-hybridized carbons (Fsp3) is 0.192. The van der Waals surface area contributed by atoms with Crippen LogP contribution in [0.4, 0.5) is 0 Å². The highest BCUT2D eigenvalue weighted by Gasteiger charge is 2.32. The minimum Gasteiger partial charge on any atom is -0.480 e. The number of amides is 2. The van der Waals surface area contributed by atoms with E-state index in [9.17, 15) is 24.6 Å². The molecule has 3 aromatic rings. The van der Waals surface area contributed by atoms with Crippen LogP contribution in [0.2, 0.25) is 0 Å². The van der Waals surface area contributed by atoms with E-state index in [1.165, 1.54) is 0 Å². The van der Waals surface area contributed by atoms with Crippen molar-refractivity contribution in [3.63, 3.8) is 0 Å². The molecule has 0 fully saturated rings. The summed E-state index contributed by atoms with van der Waals surface area (Å²) < 4.78 is 0. The first-order valence-electron chi connectivity index (χ1n) is 10.6. The molecule has 0 bridgehead atoms. The molecule has 4 N–H and O–H groups in total. The van der Waals surface area contributed by atoms with Gasteiger partial charge in [-0.25, -0.2) is 4.79 Å². The lowest BCUT2D eigenvalue weighted by Gasteiger charge is -2.25. The third-order valence-corrected chi connectivity index (χ3v) is 5.24. The first-order chi connectivity index (χ1) is 16.0. The van der Waals surface area contributed by atoms with Crippen molar-refractivity contribution in [2.75, 3.05) is 0 Å². The zero-order chi connectivity index (χ0) is 23.6. The Morgan fingerprint density at radius 2 is 1.30 bits per heavy atom. The van der Waals surface area contributed by atoms with Crippen molar-refractivity contribution in [3.05, 3.63) is 108 Å². The average Bonchev–Trinajstić information content (AvgIpc) is 2.85. The van der Waals surface area contributed by atoms with Crippen LogP contribution in [0.15, 0.2) is 91.0 Å². The highest BCUT2D eigenvalue weighted by atomic mass is 16.4. The summed E-state index contributed by atoms with van der Waals surface area (Å²) in [5.74, 6) is -2.54. The van der Waals surface area contributed by atoms with E-state index < -0.39 is 36.0 Å². The lowest BCUT2D eigenvalue weighted by Crippen LogP contribution is -2.50. The number of rotatable bonds is 10. The van der Waals surface area contributed by atoms with Crippen molar-refractivity contribution in [1.82, 2.24) is 10.6 Å². The van der Waals surface area contributed by atoms with E-state index in [4.69, 9.17) is 0 Å². The first kappa shape index (κ1) is 23.7. The summed E-state index contributed by atoms with van der Waals surface area (Å²) >= 11 is 0. The van der Waals surface area contributed by atoms with Crippen molar-refractivity contribution in [2.24, 2.45) is 0 Å². The maximum atomic E-state index is 12.8. The van der Waals surface area contributed by atoms with Crippen molar-refractivity contribution >= 4 is 17.8 Å². The van der Waals surface area contributed by atoms with Gasteiger partial charge in [0.25, 0.3) is 11.8 Å². The number of aliphatic hydroxyl groups is 1. The maximum absolute atomic E-state index is 12.8. The fourth-order valence-corrected chi connectivity index (χ4v) is 3.44. The summed E-state index contributed by atoms with van der Waals surface area (Å²) in [6.07, 6.45) is -1.09. The molecule has 33 heavy (non-hydrogen) atoms. The van der Waals surface area contributed by atoms with Gasteiger partial charge in [0, 0.05) is 5.56 Å². The third kappa shape index (κ3) is 6.75. The zero-order valence-electron chi connectivity index (χ0n) is 17.9. The molecule has 0 aromatic heterocycles. The van der Waals surface area contributed by atoms with Gasteiger partial charge in [0.2, 0.25) is 0 Å².